The van der Waals surface area contributed by atoms with Crippen LogP contribution in [0.1, 0.15) is 10.4 Å². The molecular weight excluding hydrogens is 394 g/mol. The molecule has 0 saturated heterocycles. The number of hydrogen-bond acceptors (Lipinski definition) is 8. The van der Waals surface area contributed by atoms with E-state index >= 15 is 0 Å². The van der Waals surface area contributed by atoms with Crippen LogP contribution in [0.5, 0.6) is 17.2 Å². The van der Waals surface area contributed by atoms with E-state index in [1.165, 1.54) is 32.7 Å². The molecule has 9 nitrogen and oxygen atoms in total. The van der Waals surface area contributed by atoms with Crippen LogP contribution < -0.4 is 19.5 Å². The van der Waals surface area contributed by atoms with E-state index in [0.717, 1.165) is 10.6 Å². The van der Waals surface area contributed by atoms with Crippen molar-refractivity contribution in [2.45, 2.75) is 0 Å². The van der Waals surface area contributed by atoms with E-state index in [1.54, 1.807) is 29.0 Å². The van der Waals surface area contributed by atoms with Crippen LogP contribution in [-0.2, 0) is 0 Å². The van der Waals surface area contributed by atoms with Gasteiger partial charge in [-0.15, -0.1) is 10.2 Å². The fourth-order valence-corrected chi connectivity index (χ4v) is 3.64. The molecule has 0 saturated carbocycles. The van der Waals surface area contributed by atoms with Crippen LogP contribution in [-0.4, -0.2) is 47.0 Å². The molecule has 2 aromatic heterocycles. The van der Waals surface area contributed by atoms with Gasteiger partial charge < -0.3 is 19.5 Å². The highest BCUT2D eigenvalue weighted by molar-refractivity contribution is 7.19. The first-order valence-electron chi connectivity index (χ1n) is 8.51. The maximum absolute atomic E-state index is 12.8. The molecule has 0 bridgehead atoms. The molecule has 0 unspecified atom stereocenters. The van der Waals surface area contributed by atoms with Gasteiger partial charge in [-0.3, -0.25) is 4.79 Å². The summed E-state index contributed by atoms with van der Waals surface area (Å²) in [6.45, 7) is 0. The number of methoxy groups -OCH3 is 3. The lowest BCUT2D eigenvalue weighted by molar-refractivity contribution is 0.102. The first-order valence-corrected chi connectivity index (χ1v) is 9.33. The Bertz CT molecular complexity index is 1130. The van der Waals surface area contributed by atoms with Crippen molar-refractivity contribution in [3.8, 4) is 27.8 Å². The van der Waals surface area contributed by atoms with E-state index in [0.29, 0.717) is 33.5 Å². The van der Waals surface area contributed by atoms with Crippen LogP contribution in [0.2, 0.25) is 0 Å². The molecule has 0 atom stereocenters. The van der Waals surface area contributed by atoms with Gasteiger partial charge in [0.05, 0.1) is 21.3 Å². The zero-order valence-electron chi connectivity index (χ0n) is 15.9. The number of aromatic nitrogens is 4. The van der Waals surface area contributed by atoms with E-state index in [-0.39, 0.29) is 5.91 Å². The molecule has 0 radical (unpaired) electrons. The van der Waals surface area contributed by atoms with Gasteiger partial charge in [0.1, 0.15) is 11.3 Å². The number of amides is 1. The molecule has 4 aromatic rings. The Morgan fingerprint density at radius 2 is 1.83 bits per heavy atom. The van der Waals surface area contributed by atoms with Gasteiger partial charge in [-0.25, -0.2) is 0 Å². The Morgan fingerprint density at radius 1 is 1.07 bits per heavy atom. The summed E-state index contributed by atoms with van der Waals surface area (Å²) in [6.07, 6.45) is 1.55. The Labute approximate surface area is 169 Å². The third kappa shape index (κ3) is 3.57. The van der Waals surface area contributed by atoms with Gasteiger partial charge in [0.25, 0.3) is 5.91 Å². The lowest BCUT2D eigenvalue weighted by Crippen LogP contribution is -2.12. The number of carbonyl (C=O) groups excluding carboxylic acids is 1. The molecular formula is C19H17N5O4S. The van der Waals surface area contributed by atoms with Crippen molar-refractivity contribution >= 4 is 27.9 Å². The van der Waals surface area contributed by atoms with Crippen molar-refractivity contribution in [1.82, 2.24) is 19.8 Å². The standard InChI is InChI=1S/C19H17N5O4S/c1-26-14-8-12(9-15(27-2)16(14)28-3)17(25)21-13-6-4-5-11(7-13)18-23-24-10-20-22-19(24)29-18/h4-10H,1-3H3,(H,21,25). The van der Waals surface area contributed by atoms with Gasteiger partial charge in [-0.2, -0.15) is 9.61 Å². The van der Waals surface area contributed by atoms with E-state index < -0.39 is 0 Å². The summed E-state index contributed by atoms with van der Waals surface area (Å²) in [5.41, 5.74) is 1.87. The average Bonchev–Trinajstić information content (AvgIpc) is 3.35. The Morgan fingerprint density at radius 3 is 2.48 bits per heavy atom. The van der Waals surface area contributed by atoms with Gasteiger partial charge in [-0.1, -0.05) is 23.5 Å². The third-order valence-corrected chi connectivity index (χ3v) is 5.14. The molecule has 0 aliphatic carbocycles. The fourth-order valence-electron chi connectivity index (χ4n) is 2.82. The van der Waals surface area contributed by atoms with Gasteiger partial charge >= 0.3 is 0 Å². The minimum Gasteiger partial charge on any atom is -0.493 e. The second-order valence-corrected chi connectivity index (χ2v) is 6.87. The fraction of sp³-hybridized carbons (Fsp3) is 0.158. The molecule has 1 amide bonds. The second-order valence-electron chi connectivity index (χ2n) is 5.91. The topological polar surface area (TPSA) is 99.9 Å². The highest BCUT2D eigenvalue weighted by Gasteiger charge is 2.17. The Balaban J connectivity index is 1.61. The summed E-state index contributed by atoms with van der Waals surface area (Å²) in [4.78, 5) is 13.5. The number of nitrogens with zero attached hydrogens (tertiary/aromatic N) is 4. The number of carbonyl (C=O) groups is 1. The summed E-state index contributed by atoms with van der Waals surface area (Å²) in [7, 11) is 4.52. The monoisotopic (exact) mass is 411 g/mol. The number of anilines is 1. The molecule has 0 spiro atoms. The SMILES string of the molecule is COc1cc(C(=O)Nc2cccc(-c3nn4cnnc4s3)c2)cc(OC)c1OC. The number of nitrogens with one attached hydrogen (secondary N) is 1. The number of rotatable bonds is 6. The first kappa shape index (κ1) is 18.7. The lowest BCUT2D eigenvalue weighted by atomic mass is 10.1. The van der Waals surface area contributed by atoms with E-state index in [2.05, 4.69) is 20.6 Å². The van der Waals surface area contributed by atoms with Crippen molar-refractivity contribution in [1.29, 1.82) is 0 Å². The lowest BCUT2D eigenvalue weighted by Gasteiger charge is -2.14. The van der Waals surface area contributed by atoms with E-state index in [1.807, 2.05) is 18.2 Å². The van der Waals surface area contributed by atoms with Crippen LogP contribution >= 0.6 is 11.3 Å². The zero-order chi connectivity index (χ0) is 20.4. The molecule has 0 aliphatic rings. The smallest absolute Gasteiger partial charge is 0.255 e. The summed E-state index contributed by atoms with van der Waals surface area (Å²) in [6, 6.07) is 10.6. The minimum absolute atomic E-state index is 0.306. The molecule has 10 heteroatoms. The van der Waals surface area contributed by atoms with Crippen LogP contribution in [0.15, 0.2) is 42.7 Å². The van der Waals surface area contributed by atoms with Gasteiger partial charge in [-0.05, 0) is 24.3 Å². The third-order valence-electron chi connectivity index (χ3n) is 4.18. The normalized spacial score (nSPS) is 10.7. The first-order chi connectivity index (χ1) is 14.1. The van der Waals surface area contributed by atoms with Crippen molar-refractivity contribution in [3.63, 3.8) is 0 Å². The predicted molar refractivity (Wildman–Crippen MR) is 108 cm³/mol. The van der Waals surface area contributed by atoms with Gasteiger partial charge in [0, 0.05) is 16.8 Å². The molecule has 2 heterocycles. The number of ether oxygens (including phenoxy) is 3. The van der Waals surface area contributed by atoms with Crippen LogP contribution in [0, 0.1) is 0 Å². The highest BCUT2D eigenvalue weighted by Crippen LogP contribution is 2.38. The zero-order valence-corrected chi connectivity index (χ0v) is 16.7. The minimum atomic E-state index is -0.306. The van der Waals surface area contributed by atoms with Crippen LogP contribution in [0.25, 0.3) is 15.5 Å². The molecule has 29 heavy (non-hydrogen) atoms. The maximum atomic E-state index is 12.8. The number of fused-ring (bicyclic) bond motifs is 1. The molecule has 148 valence electrons. The van der Waals surface area contributed by atoms with Gasteiger partial charge in [0.15, 0.2) is 11.5 Å². The molecule has 0 aliphatic heterocycles. The average molecular weight is 411 g/mol. The number of benzene rings is 2. The van der Waals surface area contributed by atoms with E-state index in [4.69, 9.17) is 14.2 Å². The summed E-state index contributed by atoms with van der Waals surface area (Å²) >= 11 is 1.41. The largest absolute Gasteiger partial charge is 0.493 e. The maximum Gasteiger partial charge on any atom is 0.255 e. The van der Waals surface area contributed by atoms with Crippen LogP contribution in [0.3, 0.4) is 0 Å². The van der Waals surface area contributed by atoms with Crippen LogP contribution in [0.4, 0.5) is 5.69 Å². The van der Waals surface area contributed by atoms with Gasteiger partial charge in [0.2, 0.25) is 10.7 Å². The summed E-state index contributed by atoms with van der Waals surface area (Å²) < 4.78 is 17.5. The van der Waals surface area contributed by atoms with E-state index in [9.17, 15) is 4.79 Å². The second kappa shape index (κ2) is 7.76. The summed E-state index contributed by atoms with van der Waals surface area (Å²) in [5.74, 6) is 0.937. The molecule has 4 rings (SSSR count). The van der Waals surface area contributed by atoms with Crippen molar-refractivity contribution < 1.29 is 19.0 Å². The molecule has 1 N–H and O–H groups in total. The Hall–Kier alpha value is -3.66. The Kier molecular flexibility index (Phi) is 5.00. The van der Waals surface area contributed by atoms with Crippen molar-refractivity contribution in [3.05, 3.63) is 48.3 Å². The quantitative estimate of drug-likeness (QED) is 0.520. The number of hydrogen-bond donors (Lipinski definition) is 1. The summed E-state index contributed by atoms with van der Waals surface area (Å²) in [5, 5.41) is 15.9. The molecule has 0 fully saturated rings. The van der Waals surface area contributed by atoms with Crippen molar-refractivity contribution in [2.75, 3.05) is 26.6 Å². The molecule has 2 aromatic carbocycles. The predicted octanol–water partition coefficient (Wildman–Crippen LogP) is 3.13. The highest BCUT2D eigenvalue weighted by atomic mass is 32.1. The van der Waals surface area contributed by atoms with Crippen molar-refractivity contribution in [2.24, 2.45) is 0 Å².